The van der Waals surface area contributed by atoms with E-state index in [0.29, 0.717) is 32.6 Å². The highest BCUT2D eigenvalue weighted by Gasteiger charge is 2.20. The minimum atomic E-state index is -0.508. The molecule has 2 aromatic carbocycles. The number of carbonyl (C=O) groups excluding carboxylic acids is 2. The molecule has 2 aromatic rings. The molecule has 0 radical (unpaired) electrons. The molecule has 0 N–H and O–H groups in total. The van der Waals surface area contributed by atoms with Crippen LogP contribution in [0, 0.1) is 11.6 Å². The van der Waals surface area contributed by atoms with E-state index in [-0.39, 0.29) is 33.0 Å². The Morgan fingerprint density at radius 1 is 0.742 bits per heavy atom. The summed E-state index contributed by atoms with van der Waals surface area (Å²) in [6, 6.07) is 8.62. The molecule has 0 aromatic heterocycles. The Balaban J connectivity index is 1.61. The van der Waals surface area contributed by atoms with E-state index in [4.69, 9.17) is 23.2 Å². The van der Waals surface area contributed by atoms with Crippen LogP contribution in [-0.4, -0.2) is 47.8 Å². The van der Waals surface area contributed by atoms with Crippen molar-refractivity contribution in [2.45, 2.75) is 6.42 Å². The molecule has 0 atom stereocenters. The second-order valence-corrected chi connectivity index (χ2v) is 7.76. The molecule has 0 unspecified atom stereocenters. The largest absolute Gasteiger partial charge is 0.337 e. The Morgan fingerprint density at radius 3 is 1.55 bits per heavy atom. The van der Waals surface area contributed by atoms with Gasteiger partial charge in [0.1, 0.15) is 11.6 Å². The van der Waals surface area contributed by atoms with Crippen LogP contribution in [0.1, 0.15) is 17.5 Å². The molecule has 0 aliphatic carbocycles. The second kappa shape index (κ2) is 10.6. The van der Waals surface area contributed by atoms with Crippen LogP contribution in [-0.2, 0) is 9.59 Å². The third-order valence-electron chi connectivity index (χ3n) is 4.90. The highest BCUT2D eigenvalue weighted by Crippen LogP contribution is 2.21. The van der Waals surface area contributed by atoms with Gasteiger partial charge in [-0.25, -0.2) is 8.78 Å². The standard InChI is InChI=1S/C23H20Cl2F2N2O2/c24-18-4-1-6-20(26)16(18)8-10-22(30)28-12-3-13-29(15-14-28)23(31)11-9-17-19(25)5-2-7-21(17)27/h1-2,4-11H,3,12-15H2. The van der Waals surface area contributed by atoms with E-state index in [9.17, 15) is 18.4 Å². The monoisotopic (exact) mass is 464 g/mol. The lowest BCUT2D eigenvalue weighted by molar-refractivity contribution is -0.128. The number of amides is 2. The van der Waals surface area contributed by atoms with Gasteiger partial charge >= 0.3 is 0 Å². The maximum Gasteiger partial charge on any atom is 0.246 e. The Hall–Kier alpha value is -2.70. The summed E-state index contributed by atoms with van der Waals surface area (Å²) < 4.78 is 27.7. The highest BCUT2D eigenvalue weighted by molar-refractivity contribution is 6.32. The van der Waals surface area contributed by atoms with Crippen LogP contribution in [0.4, 0.5) is 8.78 Å². The average molecular weight is 465 g/mol. The van der Waals surface area contributed by atoms with Crippen molar-refractivity contribution in [1.82, 2.24) is 9.80 Å². The van der Waals surface area contributed by atoms with Gasteiger partial charge in [0.05, 0.1) is 10.0 Å². The number of benzene rings is 2. The zero-order chi connectivity index (χ0) is 22.4. The Labute approximate surface area is 189 Å². The van der Waals surface area contributed by atoms with Crippen LogP contribution in [0.15, 0.2) is 48.6 Å². The molecule has 1 heterocycles. The molecule has 4 nitrogen and oxygen atoms in total. The van der Waals surface area contributed by atoms with Crippen molar-refractivity contribution >= 4 is 47.2 Å². The van der Waals surface area contributed by atoms with Crippen LogP contribution in [0.3, 0.4) is 0 Å². The zero-order valence-corrected chi connectivity index (χ0v) is 18.0. The van der Waals surface area contributed by atoms with Gasteiger partial charge in [-0.15, -0.1) is 0 Å². The molecular formula is C23H20Cl2F2N2O2. The van der Waals surface area contributed by atoms with E-state index < -0.39 is 11.6 Å². The van der Waals surface area contributed by atoms with Crippen molar-refractivity contribution in [3.8, 4) is 0 Å². The van der Waals surface area contributed by atoms with Gasteiger partial charge in [-0.3, -0.25) is 9.59 Å². The molecule has 2 amide bonds. The number of hydrogen-bond acceptors (Lipinski definition) is 2. The fraction of sp³-hybridized carbons (Fsp3) is 0.217. The highest BCUT2D eigenvalue weighted by atomic mass is 35.5. The zero-order valence-electron chi connectivity index (χ0n) is 16.5. The molecule has 1 fully saturated rings. The fourth-order valence-electron chi connectivity index (χ4n) is 3.22. The summed E-state index contributed by atoms with van der Waals surface area (Å²) in [5.41, 5.74) is 0.308. The number of rotatable bonds is 4. The van der Waals surface area contributed by atoms with E-state index in [1.165, 1.54) is 48.6 Å². The predicted molar refractivity (Wildman–Crippen MR) is 119 cm³/mol. The van der Waals surface area contributed by atoms with Gasteiger partial charge in [0.2, 0.25) is 11.8 Å². The van der Waals surface area contributed by atoms with Gasteiger partial charge in [0, 0.05) is 49.5 Å². The Morgan fingerprint density at radius 2 is 1.16 bits per heavy atom. The molecule has 0 spiro atoms. The number of carbonyl (C=O) groups is 2. The van der Waals surface area contributed by atoms with Crippen molar-refractivity contribution in [2.24, 2.45) is 0 Å². The van der Waals surface area contributed by atoms with Crippen LogP contribution in [0.2, 0.25) is 10.0 Å². The summed E-state index contributed by atoms with van der Waals surface area (Å²) >= 11 is 11.9. The van der Waals surface area contributed by atoms with Crippen LogP contribution in [0.25, 0.3) is 12.2 Å². The summed E-state index contributed by atoms with van der Waals surface area (Å²) in [4.78, 5) is 28.2. The quantitative estimate of drug-likeness (QED) is 0.593. The molecule has 31 heavy (non-hydrogen) atoms. The Kier molecular flexibility index (Phi) is 7.82. The molecule has 0 saturated carbocycles. The van der Waals surface area contributed by atoms with Crippen molar-refractivity contribution in [3.05, 3.63) is 81.4 Å². The lowest BCUT2D eigenvalue weighted by Crippen LogP contribution is -2.36. The van der Waals surface area contributed by atoms with E-state index in [0.717, 1.165) is 0 Å². The number of halogens is 4. The van der Waals surface area contributed by atoms with Crippen LogP contribution in [0.5, 0.6) is 0 Å². The molecule has 1 aliphatic heterocycles. The smallest absolute Gasteiger partial charge is 0.246 e. The van der Waals surface area contributed by atoms with Crippen molar-refractivity contribution in [2.75, 3.05) is 26.2 Å². The fourth-order valence-corrected chi connectivity index (χ4v) is 3.67. The summed E-state index contributed by atoms with van der Waals surface area (Å²) in [6.45, 7) is 1.57. The molecular weight excluding hydrogens is 445 g/mol. The second-order valence-electron chi connectivity index (χ2n) is 6.94. The van der Waals surface area contributed by atoms with Gasteiger partial charge in [0.25, 0.3) is 0 Å². The molecule has 162 valence electrons. The first-order valence-electron chi connectivity index (χ1n) is 9.69. The van der Waals surface area contributed by atoms with Crippen molar-refractivity contribution in [1.29, 1.82) is 0 Å². The van der Waals surface area contributed by atoms with E-state index in [1.807, 2.05) is 0 Å². The lowest BCUT2D eigenvalue weighted by atomic mass is 10.2. The first-order chi connectivity index (χ1) is 14.9. The minimum Gasteiger partial charge on any atom is -0.337 e. The predicted octanol–water partition coefficient (Wildman–Crippen LogP) is 5.06. The normalized spacial score (nSPS) is 15.0. The first-order valence-corrected chi connectivity index (χ1v) is 10.4. The maximum atomic E-state index is 13.9. The minimum absolute atomic E-state index is 0.154. The molecule has 1 saturated heterocycles. The van der Waals surface area contributed by atoms with E-state index >= 15 is 0 Å². The average Bonchev–Trinajstić information content (AvgIpc) is 2.99. The SMILES string of the molecule is O=C(C=Cc1c(F)cccc1Cl)N1CCCN(C(=O)C=Cc2c(F)cccc2Cl)CC1. The number of nitrogens with zero attached hydrogens (tertiary/aromatic N) is 2. The molecule has 0 bridgehead atoms. The van der Waals surface area contributed by atoms with Gasteiger partial charge in [0.15, 0.2) is 0 Å². The van der Waals surface area contributed by atoms with Gasteiger partial charge in [-0.2, -0.15) is 0 Å². The van der Waals surface area contributed by atoms with Crippen molar-refractivity contribution in [3.63, 3.8) is 0 Å². The van der Waals surface area contributed by atoms with Crippen molar-refractivity contribution < 1.29 is 18.4 Å². The number of hydrogen-bond donors (Lipinski definition) is 0. The van der Waals surface area contributed by atoms with Crippen LogP contribution >= 0.6 is 23.2 Å². The first kappa shape index (κ1) is 23.0. The summed E-state index contributed by atoms with van der Waals surface area (Å²) in [5, 5.41) is 0.442. The summed E-state index contributed by atoms with van der Waals surface area (Å²) in [6.07, 6.45) is 5.85. The molecule has 3 rings (SSSR count). The summed E-state index contributed by atoms with van der Waals surface area (Å²) in [5.74, 6) is -1.60. The molecule has 8 heteroatoms. The third kappa shape index (κ3) is 5.93. The third-order valence-corrected chi connectivity index (χ3v) is 5.56. The van der Waals surface area contributed by atoms with Gasteiger partial charge in [-0.1, -0.05) is 35.3 Å². The molecule has 1 aliphatic rings. The summed E-state index contributed by atoms with van der Waals surface area (Å²) in [7, 11) is 0. The topological polar surface area (TPSA) is 40.6 Å². The van der Waals surface area contributed by atoms with Crippen LogP contribution < -0.4 is 0 Å². The van der Waals surface area contributed by atoms with Gasteiger partial charge in [-0.05, 0) is 42.8 Å². The van der Waals surface area contributed by atoms with E-state index in [1.54, 1.807) is 21.9 Å². The maximum absolute atomic E-state index is 13.9. The van der Waals surface area contributed by atoms with Gasteiger partial charge < -0.3 is 9.80 Å². The lowest BCUT2D eigenvalue weighted by Gasteiger charge is -2.20. The Bertz CT molecular complexity index is 918. The van der Waals surface area contributed by atoms with E-state index in [2.05, 4.69) is 0 Å².